The first-order chi connectivity index (χ1) is 7.29. The van der Waals surface area contributed by atoms with Gasteiger partial charge >= 0.3 is 0 Å². The number of hydrogen-bond acceptors (Lipinski definition) is 4. The zero-order valence-electron chi connectivity index (χ0n) is 8.56. The van der Waals surface area contributed by atoms with Gasteiger partial charge in [-0.05, 0) is 12.8 Å². The van der Waals surface area contributed by atoms with Crippen LogP contribution in [0.15, 0.2) is 12.4 Å². The van der Waals surface area contributed by atoms with Gasteiger partial charge in [0, 0.05) is 25.2 Å². The molecule has 1 saturated heterocycles. The minimum atomic E-state index is -0.546. The molecule has 5 heteroatoms. The molecule has 0 aliphatic carbocycles. The number of piperidine rings is 1. The van der Waals surface area contributed by atoms with Crippen LogP contribution in [-0.2, 0) is 6.67 Å². The molecule has 1 fully saturated rings. The first-order valence-electron chi connectivity index (χ1n) is 5.17. The lowest BCUT2D eigenvalue weighted by Crippen LogP contribution is -2.43. The number of anilines is 1. The lowest BCUT2D eigenvalue weighted by molar-refractivity contribution is 0.473. The summed E-state index contributed by atoms with van der Waals surface area (Å²) < 4.78 is 12.4. The molecule has 15 heavy (non-hydrogen) atoms. The molecular weight excluding hydrogens is 195 g/mol. The summed E-state index contributed by atoms with van der Waals surface area (Å²) in [5.74, 6) is 0.785. The van der Waals surface area contributed by atoms with Gasteiger partial charge in [0.2, 0.25) is 0 Å². The number of nitrogens with two attached hydrogens (primary N) is 1. The molecule has 1 aromatic rings. The highest BCUT2D eigenvalue weighted by atomic mass is 19.1. The fourth-order valence-electron chi connectivity index (χ4n) is 1.85. The SMILES string of the molecule is NC1CCCN(c2cc(CF)ncn2)C1. The first kappa shape index (κ1) is 10.3. The molecule has 82 valence electrons. The fraction of sp³-hybridized carbons (Fsp3) is 0.600. The molecule has 0 spiro atoms. The largest absolute Gasteiger partial charge is 0.355 e. The molecular formula is C10H15FN4. The van der Waals surface area contributed by atoms with Crippen LogP contribution in [0.4, 0.5) is 10.2 Å². The van der Waals surface area contributed by atoms with Crippen LogP contribution in [0.5, 0.6) is 0 Å². The monoisotopic (exact) mass is 210 g/mol. The van der Waals surface area contributed by atoms with Crippen molar-refractivity contribution in [1.82, 2.24) is 9.97 Å². The predicted molar refractivity (Wildman–Crippen MR) is 56.3 cm³/mol. The maximum atomic E-state index is 12.4. The molecule has 1 aliphatic rings. The highest BCUT2D eigenvalue weighted by Crippen LogP contribution is 2.17. The summed E-state index contributed by atoms with van der Waals surface area (Å²) in [4.78, 5) is 10.1. The molecule has 2 heterocycles. The Kier molecular flexibility index (Phi) is 3.11. The molecule has 1 aromatic heterocycles. The van der Waals surface area contributed by atoms with Crippen molar-refractivity contribution in [2.75, 3.05) is 18.0 Å². The Morgan fingerprint density at radius 2 is 2.40 bits per heavy atom. The number of nitrogens with zero attached hydrogens (tertiary/aromatic N) is 3. The summed E-state index contributed by atoms with van der Waals surface area (Å²) in [5, 5.41) is 0. The molecule has 4 nitrogen and oxygen atoms in total. The molecule has 2 rings (SSSR count). The Hall–Kier alpha value is -1.23. The van der Waals surface area contributed by atoms with Gasteiger partial charge < -0.3 is 10.6 Å². The summed E-state index contributed by atoms with van der Waals surface area (Å²) in [6.45, 7) is 1.19. The average Bonchev–Trinajstić information content (AvgIpc) is 2.29. The van der Waals surface area contributed by atoms with Crippen LogP contribution < -0.4 is 10.6 Å². The minimum absolute atomic E-state index is 0.197. The maximum Gasteiger partial charge on any atom is 0.132 e. The van der Waals surface area contributed by atoms with Crippen LogP contribution in [0, 0.1) is 0 Å². The predicted octanol–water partition coefficient (Wildman–Crippen LogP) is 0.874. The summed E-state index contributed by atoms with van der Waals surface area (Å²) >= 11 is 0. The van der Waals surface area contributed by atoms with Gasteiger partial charge in [0.05, 0.1) is 5.69 Å². The van der Waals surface area contributed by atoms with Crippen LogP contribution in [0.25, 0.3) is 0 Å². The van der Waals surface area contributed by atoms with Gasteiger partial charge in [0.1, 0.15) is 18.8 Å². The standard InChI is InChI=1S/C10H15FN4/c11-5-9-4-10(14-7-13-9)15-3-1-2-8(12)6-15/h4,7-8H,1-3,5-6,12H2. The van der Waals surface area contributed by atoms with Crippen molar-refractivity contribution in [2.24, 2.45) is 5.73 Å². The Balaban J connectivity index is 2.13. The van der Waals surface area contributed by atoms with Gasteiger partial charge in [-0.1, -0.05) is 0 Å². The van der Waals surface area contributed by atoms with E-state index in [1.165, 1.54) is 6.33 Å². The lowest BCUT2D eigenvalue weighted by Gasteiger charge is -2.31. The van der Waals surface area contributed by atoms with E-state index in [4.69, 9.17) is 5.73 Å². The molecule has 1 aliphatic heterocycles. The molecule has 0 radical (unpaired) electrons. The van der Waals surface area contributed by atoms with E-state index in [0.29, 0.717) is 5.69 Å². The molecule has 0 saturated carbocycles. The normalized spacial score (nSPS) is 21.7. The van der Waals surface area contributed by atoms with Gasteiger partial charge in [0.15, 0.2) is 0 Å². The molecule has 1 atom stereocenters. The molecule has 0 aromatic carbocycles. The third-order valence-electron chi connectivity index (χ3n) is 2.63. The third kappa shape index (κ3) is 2.41. The van der Waals surface area contributed by atoms with E-state index in [0.717, 1.165) is 31.7 Å². The zero-order chi connectivity index (χ0) is 10.7. The zero-order valence-corrected chi connectivity index (χ0v) is 8.56. The van der Waals surface area contributed by atoms with Crippen molar-refractivity contribution in [3.8, 4) is 0 Å². The van der Waals surface area contributed by atoms with E-state index in [9.17, 15) is 4.39 Å². The van der Waals surface area contributed by atoms with Crippen molar-refractivity contribution >= 4 is 5.82 Å². The van der Waals surface area contributed by atoms with E-state index < -0.39 is 6.67 Å². The van der Waals surface area contributed by atoms with Crippen molar-refractivity contribution in [2.45, 2.75) is 25.6 Å². The van der Waals surface area contributed by atoms with E-state index in [1.54, 1.807) is 6.07 Å². The molecule has 0 amide bonds. The molecule has 2 N–H and O–H groups in total. The lowest BCUT2D eigenvalue weighted by atomic mass is 10.1. The van der Waals surface area contributed by atoms with Gasteiger partial charge in [-0.25, -0.2) is 14.4 Å². The van der Waals surface area contributed by atoms with Crippen molar-refractivity contribution in [3.63, 3.8) is 0 Å². The summed E-state index contributed by atoms with van der Waals surface area (Å²) in [6, 6.07) is 1.89. The second-order valence-electron chi connectivity index (χ2n) is 3.85. The molecule has 0 bridgehead atoms. The van der Waals surface area contributed by atoms with Gasteiger partial charge in [-0.15, -0.1) is 0 Å². The van der Waals surface area contributed by atoms with Crippen molar-refractivity contribution in [1.29, 1.82) is 0 Å². The highest BCUT2D eigenvalue weighted by molar-refractivity contribution is 5.39. The van der Waals surface area contributed by atoms with Crippen LogP contribution in [0.3, 0.4) is 0 Å². The fourth-order valence-corrected chi connectivity index (χ4v) is 1.85. The Morgan fingerprint density at radius 1 is 1.53 bits per heavy atom. The van der Waals surface area contributed by atoms with E-state index in [1.807, 2.05) is 0 Å². The smallest absolute Gasteiger partial charge is 0.132 e. The first-order valence-corrected chi connectivity index (χ1v) is 5.17. The van der Waals surface area contributed by atoms with Gasteiger partial charge in [0.25, 0.3) is 0 Å². The molecule has 1 unspecified atom stereocenters. The van der Waals surface area contributed by atoms with Crippen molar-refractivity contribution in [3.05, 3.63) is 18.1 Å². The van der Waals surface area contributed by atoms with E-state index in [-0.39, 0.29) is 6.04 Å². The second-order valence-corrected chi connectivity index (χ2v) is 3.85. The summed E-state index contributed by atoms with van der Waals surface area (Å²) in [6.07, 6.45) is 3.53. The minimum Gasteiger partial charge on any atom is -0.355 e. The van der Waals surface area contributed by atoms with Gasteiger partial charge in [-0.2, -0.15) is 0 Å². The number of aromatic nitrogens is 2. The average molecular weight is 210 g/mol. The number of rotatable bonds is 2. The Labute approximate surface area is 88.3 Å². The number of halogens is 1. The summed E-state index contributed by atoms with van der Waals surface area (Å²) in [5.41, 5.74) is 6.30. The van der Waals surface area contributed by atoms with E-state index in [2.05, 4.69) is 14.9 Å². The van der Waals surface area contributed by atoms with Crippen LogP contribution in [0.1, 0.15) is 18.5 Å². The highest BCUT2D eigenvalue weighted by Gasteiger charge is 2.17. The van der Waals surface area contributed by atoms with Crippen LogP contribution in [-0.4, -0.2) is 29.1 Å². The number of hydrogen-bond donors (Lipinski definition) is 1. The number of alkyl halides is 1. The van der Waals surface area contributed by atoms with Gasteiger partial charge in [-0.3, -0.25) is 0 Å². The Morgan fingerprint density at radius 3 is 3.13 bits per heavy atom. The van der Waals surface area contributed by atoms with Crippen LogP contribution in [0.2, 0.25) is 0 Å². The second kappa shape index (κ2) is 4.53. The van der Waals surface area contributed by atoms with E-state index >= 15 is 0 Å². The van der Waals surface area contributed by atoms with Crippen LogP contribution >= 0.6 is 0 Å². The quantitative estimate of drug-likeness (QED) is 0.787. The van der Waals surface area contributed by atoms with Crippen molar-refractivity contribution < 1.29 is 4.39 Å². The Bertz CT molecular complexity index is 331. The third-order valence-corrected chi connectivity index (χ3v) is 2.63. The summed E-state index contributed by atoms with van der Waals surface area (Å²) in [7, 11) is 0. The maximum absolute atomic E-state index is 12.4. The topological polar surface area (TPSA) is 55.0 Å².